The third kappa shape index (κ3) is 1.42. The van der Waals surface area contributed by atoms with Crippen molar-refractivity contribution in [2.45, 2.75) is 39.3 Å². The first-order valence-electron chi connectivity index (χ1n) is 5.87. The van der Waals surface area contributed by atoms with E-state index in [1.807, 2.05) is 13.8 Å². The van der Waals surface area contributed by atoms with Crippen molar-refractivity contribution in [3.8, 4) is 0 Å². The molecule has 2 rings (SSSR count). The summed E-state index contributed by atoms with van der Waals surface area (Å²) in [6.07, 6.45) is -0.164. The molecule has 1 amide bonds. The van der Waals surface area contributed by atoms with Crippen molar-refractivity contribution >= 4 is 11.9 Å². The number of carboxylic acid groups (broad SMARTS) is 1. The zero-order chi connectivity index (χ0) is 12.9. The highest BCUT2D eigenvalue weighted by atomic mass is 16.4. The van der Waals surface area contributed by atoms with E-state index < -0.39 is 18.0 Å². The Kier molecular flexibility index (Phi) is 2.73. The van der Waals surface area contributed by atoms with Crippen molar-refractivity contribution in [1.29, 1.82) is 0 Å². The van der Waals surface area contributed by atoms with Gasteiger partial charge < -0.3 is 19.9 Å². The highest BCUT2D eigenvalue weighted by Gasteiger charge is 2.58. The van der Waals surface area contributed by atoms with Gasteiger partial charge in [-0.3, -0.25) is 4.79 Å². The summed E-state index contributed by atoms with van der Waals surface area (Å²) in [6, 6.07) is -0.217. The van der Waals surface area contributed by atoms with Crippen LogP contribution in [0.4, 0.5) is 0 Å². The average molecular weight is 238 g/mol. The molecule has 0 radical (unpaired) electrons. The number of rotatable bonds is 3. The van der Waals surface area contributed by atoms with E-state index in [4.69, 9.17) is 0 Å². The summed E-state index contributed by atoms with van der Waals surface area (Å²) in [4.78, 5) is 24.2. The van der Waals surface area contributed by atoms with Gasteiger partial charge in [-0.25, -0.2) is 0 Å². The molecule has 1 saturated heterocycles. The number of fused-ring (bicyclic) bond motifs is 1. The van der Waals surface area contributed by atoms with E-state index in [0.29, 0.717) is 6.42 Å². The maximum absolute atomic E-state index is 11.8. The third-order valence-corrected chi connectivity index (χ3v) is 3.89. The van der Waals surface area contributed by atoms with Crippen LogP contribution >= 0.6 is 0 Å². The molecular weight excluding hydrogens is 222 g/mol. The Morgan fingerprint density at radius 3 is 2.59 bits per heavy atom. The molecule has 0 spiro atoms. The van der Waals surface area contributed by atoms with Gasteiger partial charge in [0.25, 0.3) is 0 Å². The Hall–Kier alpha value is -1.36. The van der Waals surface area contributed by atoms with Crippen LogP contribution in [-0.2, 0) is 9.59 Å². The van der Waals surface area contributed by atoms with Crippen molar-refractivity contribution in [1.82, 2.24) is 4.90 Å². The quantitative estimate of drug-likeness (QED) is 0.656. The largest absolute Gasteiger partial charge is 0.543 e. The molecule has 0 bridgehead atoms. The summed E-state index contributed by atoms with van der Waals surface area (Å²) < 4.78 is 0. The average Bonchev–Trinajstić information content (AvgIpc) is 2.47. The molecule has 2 heterocycles. The molecule has 2 aliphatic heterocycles. The molecule has 0 aromatic heterocycles. The first kappa shape index (κ1) is 12.1. The van der Waals surface area contributed by atoms with Crippen LogP contribution in [0.3, 0.4) is 0 Å². The van der Waals surface area contributed by atoms with Crippen molar-refractivity contribution in [3.63, 3.8) is 0 Å². The molecule has 0 aliphatic carbocycles. The Morgan fingerprint density at radius 1 is 1.59 bits per heavy atom. The molecule has 5 heteroatoms. The van der Waals surface area contributed by atoms with Crippen molar-refractivity contribution < 1.29 is 19.8 Å². The summed E-state index contributed by atoms with van der Waals surface area (Å²) in [7, 11) is 0. The number of hydrogen-bond donors (Lipinski definition) is 1. The molecule has 94 valence electrons. The highest BCUT2D eigenvalue weighted by Crippen LogP contribution is 2.47. The van der Waals surface area contributed by atoms with Crippen LogP contribution in [0.5, 0.6) is 0 Å². The van der Waals surface area contributed by atoms with Gasteiger partial charge in [-0.1, -0.05) is 13.8 Å². The molecular formula is C12H16NO4-. The van der Waals surface area contributed by atoms with Gasteiger partial charge in [-0.2, -0.15) is 0 Å². The Bertz CT molecular complexity index is 413. The lowest BCUT2D eigenvalue weighted by molar-refractivity contribution is -0.301. The Balaban J connectivity index is 2.39. The summed E-state index contributed by atoms with van der Waals surface area (Å²) in [5, 5.41) is 20.7. The summed E-state index contributed by atoms with van der Waals surface area (Å²) >= 11 is 0. The predicted molar refractivity (Wildman–Crippen MR) is 57.3 cm³/mol. The number of amides is 1. The maximum Gasteiger partial charge on any atom is 0.235 e. The van der Waals surface area contributed by atoms with E-state index in [-0.39, 0.29) is 23.6 Å². The van der Waals surface area contributed by atoms with Crippen molar-refractivity contribution in [3.05, 3.63) is 11.3 Å². The van der Waals surface area contributed by atoms with Gasteiger partial charge in [0, 0.05) is 5.92 Å². The standard InChI is InChI=1S/C12H17NO4/c1-4-7-5(2)9-8(6(3)14)11(15)13(9)10(7)12(16)17/h5-6,8-9,14H,4H2,1-3H3,(H,16,17)/p-1/t5-,6?,8?,9?/m0/s1. The van der Waals surface area contributed by atoms with Crippen LogP contribution in [0.15, 0.2) is 11.3 Å². The second-order valence-corrected chi connectivity index (χ2v) is 4.77. The van der Waals surface area contributed by atoms with Crippen LogP contribution < -0.4 is 5.11 Å². The van der Waals surface area contributed by atoms with Gasteiger partial charge in [-0.15, -0.1) is 0 Å². The number of carboxylic acids is 1. The SMILES string of the molecule is CCC1=C(C(=O)[O-])N2C(=O)C(C(C)O)C2[C@H]1C. The zero-order valence-electron chi connectivity index (χ0n) is 10.1. The minimum Gasteiger partial charge on any atom is -0.543 e. The number of hydrogen-bond acceptors (Lipinski definition) is 4. The highest BCUT2D eigenvalue weighted by molar-refractivity contribution is 5.99. The van der Waals surface area contributed by atoms with Crippen LogP contribution in [-0.4, -0.2) is 34.0 Å². The number of aliphatic carboxylic acids is 1. The number of aliphatic hydroxyl groups excluding tert-OH is 1. The molecule has 1 fully saturated rings. The summed E-state index contributed by atoms with van der Waals surface area (Å²) in [5.74, 6) is -2.11. The van der Waals surface area contributed by atoms with Crippen molar-refractivity contribution in [2.75, 3.05) is 0 Å². The van der Waals surface area contributed by atoms with E-state index in [0.717, 1.165) is 5.57 Å². The van der Waals surface area contributed by atoms with Crippen LogP contribution in [0.25, 0.3) is 0 Å². The van der Waals surface area contributed by atoms with Crippen molar-refractivity contribution in [2.24, 2.45) is 11.8 Å². The second-order valence-electron chi connectivity index (χ2n) is 4.77. The van der Waals surface area contributed by atoms with Gasteiger partial charge in [0.2, 0.25) is 5.91 Å². The number of aliphatic hydroxyl groups is 1. The van der Waals surface area contributed by atoms with E-state index in [2.05, 4.69) is 0 Å². The van der Waals surface area contributed by atoms with Gasteiger partial charge in [0.05, 0.1) is 29.7 Å². The van der Waals surface area contributed by atoms with Crippen LogP contribution in [0.1, 0.15) is 27.2 Å². The van der Waals surface area contributed by atoms with E-state index >= 15 is 0 Å². The fraction of sp³-hybridized carbons (Fsp3) is 0.667. The van der Waals surface area contributed by atoms with E-state index in [9.17, 15) is 19.8 Å². The first-order chi connectivity index (χ1) is 7.91. The smallest absolute Gasteiger partial charge is 0.235 e. The van der Waals surface area contributed by atoms with E-state index in [1.54, 1.807) is 6.92 Å². The molecule has 0 aromatic rings. The molecule has 17 heavy (non-hydrogen) atoms. The number of carbonyl (C=O) groups excluding carboxylic acids is 2. The van der Waals surface area contributed by atoms with Crippen LogP contribution in [0.2, 0.25) is 0 Å². The molecule has 2 aliphatic rings. The monoisotopic (exact) mass is 238 g/mol. The fourth-order valence-corrected chi connectivity index (χ4v) is 3.11. The molecule has 5 nitrogen and oxygen atoms in total. The fourth-order valence-electron chi connectivity index (χ4n) is 3.11. The lowest BCUT2D eigenvalue weighted by atomic mass is 9.77. The van der Waals surface area contributed by atoms with Gasteiger partial charge in [0.15, 0.2) is 0 Å². The second kappa shape index (κ2) is 3.84. The van der Waals surface area contributed by atoms with Gasteiger partial charge in [-0.05, 0) is 18.9 Å². The normalized spacial score (nSPS) is 33.5. The zero-order valence-corrected chi connectivity index (χ0v) is 10.1. The third-order valence-electron chi connectivity index (χ3n) is 3.89. The molecule has 1 N–H and O–H groups in total. The topological polar surface area (TPSA) is 80.7 Å². The first-order valence-corrected chi connectivity index (χ1v) is 5.87. The van der Waals surface area contributed by atoms with Crippen LogP contribution in [0, 0.1) is 11.8 Å². The number of carbonyl (C=O) groups is 2. The Labute approximate surface area is 99.7 Å². The minimum atomic E-state index is -1.30. The summed E-state index contributed by atoms with van der Waals surface area (Å²) in [6.45, 7) is 5.33. The molecule has 0 aromatic carbocycles. The number of β-lactam (4-membered cyclic amide) rings is 1. The van der Waals surface area contributed by atoms with Gasteiger partial charge in [0.1, 0.15) is 0 Å². The lowest BCUT2D eigenvalue weighted by Crippen LogP contribution is -2.64. The van der Waals surface area contributed by atoms with E-state index in [1.165, 1.54) is 4.90 Å². The lowest BCUT2D eigenvalue weighted by Gasteiger charge is -2.47. The van der Waals surface area contributed by atoms with Gasteiger partial charge >= 0.3 is 0 Å². The molecule has 4 atom stereocenters. The Morgan fingerprint density at radius 2 is 2.18 bits per heavy atom. The minimum absolute atomic E-state index is 0.0203. The maximum atomic E-state index is 11.8. The molecule has 3 unspecified atom stereocenters. The summed E-state index contributed by atoms with van der Waals surface area (Å²) in [5.41, 5.74) is 0.762. The predicted octanol–water partition coefficient (Wildman–Crippen LogP) is -0.742. The molecule has 0 saturated carbocycles. The number of nitrogens with zero attached hydrogens (tertiary/aromatic N) is 1.